The first-order valence-corrected chi connectivity index (χ1v) is 8.27. The van der Waals surface area contributed by atoms with E-state index in [9.17, 15) is 4.79 Å². The number of nitrogens with zero attached hydrogens (tertiary/aromatic N) is 1. The lowest BCUT2D eigenvalue weighted by Gasteiger charge is -2.07. The number of aliphatic imine (C=N–C) groups is 1. The fraction of sp³-hybridized carbons (Fsp3) is 0.238. The van der Waals surface area contributed by atoms with Gasteiger partial charge in [0.2, 0.25) is 0 Å². The normalized spacial score (nSPS) is 15.3. The molecule has 4 nitrogen and oxygen atoms in total. The zero-order valence-corrected chi connectivity index (χ0v) is 15.0. The molecule has 0 saturated carbocycles. The lowest BCUT2D eigenvalue weighted by Crippen LogP contribution is -2.25. The van der Waals surface area contributed by atoms with Crippen LogP contribution in [0.1, 0.15) is 27.8 Å². The molecule has 25 heavy (non-hydrogen) atoms. The van der Waals surface area contributed by atoms with E-state index in [1.807, 2.05) is 30.3 Å². The zero-order chi connectivity index (χ0) is 18.0. The highest BCUT2D eigenvalue weighted by atomic mass is 16.5. The Morgan fingerprint density at radius 1 is 1.08 bits per heavy atom. The molecule has 2 aromatic rings. The third kappa shape index (κ3) is 3.79. The van der Waals surface area contributed by atoms with Gasteiger partial charge in [0.1, 0.15) is 17.3 Å². The van der Waals surface area contributed by atoms with E-state index >= 15 is 0 Å². The number of benzene rings is 2. The fourth-order valence-corrected chi connectivity index (χ4v) is 3.09. The highest BCUT2D eigenvalue weighted by molar-refractivity contribution is 6.14. The van der Waals surface area contributed by atoms with Gasteiger partial charge in [0.15, 0.2) is 0 Å². The molecule has 1 aliphatic rings. The first kappa shape index (κ1) is 17.0. The van der Waals surface area contributed by atoms with Gasteiger partial charge >= 0.3 is 0 Å². The van der Waals surface area contributed by atoms with Gasteiger partial charge in [-0.1, -0.05) is 29.8 Å². The molecule has 4 heteroatoms. The van der Waals surface area contributed by atoms with Crippen molar-refractivity contribution in [3.05, 3.63) is 69.9 Å². The van der Waals surface area contributed by atoms with Crippen LogP contribution in [-0.2, 0) is 11.2 Å². The van der Waals surface area contributed by atoms with Gasteiger partial charge in [-0.2, -0.15) is 0 Å². The van der Waals surface area contributed by atoms with E-state index in [4.69, 9.17) is 4.74 Å². The van der Waals surface area contributed by atoms with E-state index in [2.05, 4.69) is 43.2 Å². The van der Waals surface area contributed by atoms with Crippen LogP contribution in [0.4, 0.5) is 0 Å². The molecule has 0 unspecified atom stereocenters. The minimum absolute atomic E-state index is 0.150. The number of carbonyl (C=O) groups excluding carboxylic acids is 1. The molecule has 0 spiro atoms. The van der Waals surface area contributed by atoms with Gasteiger partial charge in [-0.25, -0.2) is 4.99 Å². The van der Waals surface area contributed by atoms with Gasteiger partial charge in [-0.3, -0.25) is 4.79 Å². The van der Waals surface area contributed by atoms with E-state index in [1.54, 1.807) is 7.11 Å². The van der Waals surface area contributed by atoms with Crippen molar-refractivity contribution in [2.45, 2.75) is 27.2 Å². The Hall–Kier alpha value is -2.88. The van der Waals surface area contributed by atoms with Crippen LogP contribution in [0.2, 0.25) is 0 Å². The van der Waals surface area contributed by atoms with Gasteiger partial charge in [-0.15, -0.1) is 0 Å². The predicted octanol–water partition coefficient (Wildman–Crippen LogP) is 3.73. The number of ether oxygens (including phenoxy) is 1. The van der Waals surface area contributed by atoms with Crippen molar-refractivity contribution in [3.63, 3.8) is 0 Å². The molecule has 0 atom stereocenters. The quantitative estimate of drug-likeness (QED) is 0.866. The van der Waals surface area contributed by atoms with E-state index in [1.165, 1.54) is 5.56 Å². The first-order valence-electron chi connectivity index (χ1n) is 8.27. The fourth-order valence-electron chi connectivity index (χ4n) is 3.09. The molecule has 1 heterocycles. The summed E-state index contributed by atoms with van der Waals surface area (Å²) in [7, 11) is 1.64. The zero-order valence-electron chi connectivity index (χ0n) is 15.0. The molecule has 0 bridgehead atoms. The third-order valence-electron chi connectivity index (χ3n) is 4.30. The molecule has 0 saturated heterocycles. The molecule has 0 fully saturated rings. The van der Waals surface area contributed by atoms with Crippen molar-refractivity contribution in [1.82, 2.24) is 5.32 Å². The van der Waals surface area contributed by atoms with Crippen LogP contribution >= 0.6 is 0 Å². The molecule has 1 aliphatic heterocycles. The Morgan fingerprint density at radius 2 is 1.72 bits per heavy atom. The molecule has 2 aromatic carbocycles. The highest BCUT2D eigenvalue weighted by Gasteiger charge is 2.20. The Morgan fingerprint density at radius 3 is 2.32 bits per heavy atom. The number of amides is 1. The molecule has 128 valence electrons. The Balaban J connectivity index is 1.84. The maximum absolute atomic E-state index is 12.3. The molecule has 0 aliphatic carbocycles. The summed E-state index contributed by atoms with van der Waals surface area (Å²) in [6, 6.07) is 12.0. The van der Waals surface area contributed by atoms with Crippen LogP contribution in [0.3, 0.4) is 0 Å². The van der Waals surface area contributed by atoms with Crippen molar-refractivity contribution in [2.24, 2.45) is 4.99 Å². The SMILES string of the molecule is COc1ccc(CC2=N/C(=C\c3c(C)cc(C)cc3C)C(=O)N2)cc1. The van der Waals surface area contributed by atoms with E-state index < -0.39 is 0 Å². The molecule has 1 amide bonds. The summed E-state index contributed by atoms with van der Waals surface area (Å²) in [6.45, 7) is 6.19. The van der Waals surface area contributed by atoms with Gasteiger partial charge in [0.05, 0.1) is 7.11 Å². The predicted molar refractivity (Wildman–Crippen MR) is 101 cm³/mol. The molecule has 1 N–H and O–H groups in total. The molecular weight excluding hydrogens is 312 g/mol. The average molecular weight is 334 g/mol. The van der Waals surface area contributed by atoms with E-state index in [0.717, 1.165) is 28.0 Å². The summed E-state index contributed by atoms with van der Waals surface area (Å²) < 4.78 is 5.16. The number of nitrogens with one attached hydrogen (secondary N) is 1. The second-order valence-corrected chi connectivity index (χ2v) is 6.38. The lowest BCUT2D eigenvalue weighted by atomic mass is 9.99. The summed E-state index contributed by atoms with van der Waals surface area (Å²) in [6.07, 6.45) is 2.46. The van der Waals surface area contributed by atoms with Gasteiger partial charge in [-0.05, 0) is 61.2 Å². The summed E-state index contributed by atoms with van der Waals surface area (Å²) >= 11 is 0. The minimum Gasteiger partial charge on any atom is -0.497 e. The van der Waals surface area contributed by atoms with E-state index in [0.29, 0.717) is 18.0 Å². The topological polar surface area (TPSA) is 50.7 Å². The summed E-state index contributed by atoms with van der Waals surface area (Å²) in [5, 5.41) is 2.86. The van der Waals surface area contributed by atoms with Crippen LogP contribution in [0, 0.1) is 20.8 Å². The number of carbonyl (C=O) groups is 1. The molecule has 0 aromatic heterocycles. The number of rotatable bonds is 4. The average Bonchev–Trinajstić information content (AvgIpc) is 2.91. The second-order valence-electron chi connectivity index (χ2n) is 6.38. The van der Waals surface area contributed by atoms with Crippen molar-refractivity contribution >= 4 is 17.8 Å². The van der Waals surface area contributed by atoms with Crippen molar-refractivity contribution in [1.29, 1.82) is 0 Å². The van der Waals surface area contributed by atoms with Crippen molar-refractivity contribution in [2.75, 3.05) is 7.11 Å². The Bertz CT molecular complexity index is 854. The van der Waals surface area contributed by atoms with Crippen molar-refractivity contribution < 1.29 is 9.53 Å². The molecule has 3 rings (SSSR count). The van der Waals surface area contributed by atoms with Gasteiger partial charge < -0.3 is 10.1 Å². The number of methoxy groups -OCH3 is 1. The number of hydrogen-bond acceptors (Lipinski definition) is 3. The van der Waals surface area contributed by atoms with Crippen molar-refractivity contribution in [3.8, 4) is 5.75 Å². The number of aryl methyl sites for hydroxylation is 3. The Labute approximate surface area is 148 Å². The third-order valence-corrected chi connectivity index (χ3v) is 4.30. The van der Waals surface area contributed by atoms with Crippen LogP contribution in [0.15, 0.2) is 47.1 Å². The maximum Gasteiger partial charge on any atom is 0.275 e. The maximum atomic E-state index is 12.3. The van der Waals surface area contributed by atoms with Gasteiger partial charge in [0, 0.05) is 6.42 Å². The number of hydrogen-bond donors (Lipinski definition) is 1. The van der Waals surface area contributed by atoms with E-state index in [-0.39, 0.29) is 5.91 Å². The van der Waals surface area contributed by atoms with Crippen LogP contribution in [-0.4, -0.2) is 18.9 Å². The minimum atomic E-state index is -0.150. The molecule has 0 radical (unpaired) electrons. The first-order chi connectivity index (χ1) is 12.0. The lowest BCUT2D eigenvalue weighted by molar-refractivity contribution is -0.115. The Kier molecular flexibility index (Phi) is 4.70. The second kappa shape index (κ2) is 6.93. The summed E-state index contributed by atoms with van der Waals surface area (Å²) in [5.74, 6) is 1.33. The van der Waals surface area contributed by atoms with Crippen LogP contribution in [0.25, 0.3) is 6.08 Å². The number of amidine groups is 1. The van der Waals surface area contributed by atoms with Crippen LogP contribution in [0.5, 0.6) is 5.75 Å². The molecular formula is C21H22N2O2. The smallest absolute Gasteiger partial charge is 0.275 e. The highest BCUT2D eigenvalue weighted by Crippen LogP contribution is 2.22. The standard InChI is InChI=1S/C21H22N2O2/c1-13-9-14(2)18(15(3)10-13)12-19-21(24)23-20(22-19)11-16-5-7-17(25-4)8-6-16/h5-10,12H,11H2,1-4H3,(H,22,23,24)/b19-12-. The largest absolute Gasteiger partial charge is 0.497 e. The summed E-state index contributed by atoms with van der Waals surface area (Å²) in [4.78, 5) is 16.7. The van der Waals surface area contributed by atoms with Crippen LogP contribution < -0.4 is 10.1 Å². The summed E-state index contributed by atoms with van der Waals surface area (Å²) in [5.41, 5.74) is 6.11. The van der Waals surface area contributed by atoms with Gasteiger partial charge in [0.25, 0.3) is 5.91 Å². The monoisotopic (exact) mass is 334 g/mol.